The van der Waals surface area contributed by atoms with Crippen molar-refractivity contribution in [2.24, 2.45) is 0 Å². The van der Waals surface area contributed by atoms with Gasteiger partial charge in [-0.05, 0) is 25.0 Å². The van der Waals surface area contributed by atoms with E-state index in [0.717, 1.165) is 6.42 Å². The maximum absolute atomic E-state index is 12.2. The Balaban J connectivity index is 2.71. The average molecular weight is 356 g/mol. The number of rotatable bonds is 9. The van der Waals surface area contributed by atoms with Gasteiger partial charge in [-0.2, -0.15) is 0 Å². The van der Waals surface area contributed by atoms with Crippen LogP contribution >= 0.6 is 23.2 Å². The molecule has 0 aliphatic rings. The summed E-state index contributed by atoms with van der Waals surface area (Å²) in [5.41, 5.74) is 0.201. The van der Waals surface area contributed by atoms with E-state index in [1.807, 2.05) is 6.92 Å². The highest BCUT2D eigenvalue weighted by Crippen LogP contribution is 2.30. The van der Waals surface area contributed by atoms with Crippen molar-refractivity contribution >= 4 is 33.2 Å². The molecule has 0 atom stereocenters. The molecule has 120 valence electrons. The summed E-state index contributed by atoms with van der Waals surface area (Å²) in [5, 5.41) is 9.36. The van der Waals surface area contributed by atoms with E-state index in [4.69, 9.17) is 27.9 Å². The van der Waals surface area contributed by atoms with Crippen LogP contribution in [0.1, 0.15) is 25.3 Å². The van der Waals surface area contributed by atoms with E-state index >= 15 is 0 Å². The Morgan fingerprint density at radius 3 is 2.62 bits per heavy atom. The summed E-state index contributed by atoms with van der Waals surface area (Å²) in [5.74, 6) is 0. The monoisotopic (exact) mass is 355 g/mol. The molecule has 0 saturated carbocycles. The molecule has 0 aliphatic heterocycles. The summed E-state index contributed by atoms with van der Waals surface area (Å²) in [6.45, 7) is 2.98. The van der Waals surface area contributed by atoms with E-state index in [1.54, 1.807) is 0 Å². The molecule has 5 nitrogen and oxygen atoms in total. The fraction of sp³-hybridized carbons (Fsp3) is 0.538. The zero-order chi connectivity index (χ0) is 15.9. The molecule has 0 spiro atoms. The highest BCUT2D eigenvalue weighted by Gasteiger charge is 2.20. The third-order valence-electron chi connectivity index (χ3n) is 2.70. The van der Waals surface area contributed by atoms with Crippen molar-refractivity contribution in [3.05, 3.63) is 27.7 Å². The summed E-state index contributed by atoms with van der Waals surface area (Å²) in [6, 6.07) is 2.72. The molecule has 0 amide bonds. The molecule has 8 heteroatoms. The largest absolute Gasteiger partial charge is 0.392 e. The van der Waals surface area contributed by atoms with Crippen LogP contribution in [0.15, 0.2) is 17.0 Å². The van der Waals surface area contributed by atoms with Crippen LogP contribution in [-0.2, 0) is 21.4 Å². The van der Waals surface area contributed by atoms with Crippen LogP contribution in [0.25, 0.3) is 0 Å². The molecule has 2 N–H and O–H groups in total. The van der Waals surface area contributed by atoms with Crippen LogP contribution < -0.4 is 4.72 Å². The number of halogens is 2. The molecular formula is C13H19Cl2NO4S. The highest BCUT2D eigenvalue weighted by molar-refractivity contribution is 7.89. The van der Waals surface area contributed by atoms with Gasteiger partial charge in [0.15, 0.2) is 0 Å². The van der Waals surface area contributed by atoms with E-state index < -0.39 is 16.6 Å². The molecule has 0 aliphatic carbocycles. The van der Waals surface area contributed by atoms with Gasteiger partial charge in [0, 0.05) is 30.3 Å². The van der Waals surface area contributed by atoms with Crippen molar-refractivity contribution < 1.29 is 18.3 Å². The van der Waals surface area contributed by atoms with Crippen LogP contribution in [0.2, 0.25) is 10.0 Å². The van der Waals surface area contributed by atoms with Gasteiger partial charge in [0.2, 0.25) is 10.0 Å². The van der Waals surface area contributed by atoms with Crippen LogP contribution in [0.4, 0.5) is 0 Å². The van der Waals surface area contributed by atoms with Gasteiger partial charge in [-0.15, -0.1) is 0 Å². The van der Waals surface area contributed by atoms with E-state index in [2.05, 4.69) is 4.72 Å². The first-order chi connectivity index (χ1) is 9.94. The predicted molar refractivity (Wildman–Crippen MR) is 83.3 cm³/mol. The van der Waals surface area contributed by atoms with Gasteiger partial charge >= 0.3 is 0 Å². The Morgan fingerprint density at radius 2 is 2.00 bits per heavy atom. The summed E-state index contributed by atoms with van der Waals surface area (Å²) >= 11 is 11.8. The summed E-state index contributed by atoms with van der Waals surface area (Å²) in [4.78, 5) is -0.0907. The topological polar surface area (TPSA) is 75.6 Å². The second-order valence-corrected chi connectivity index (χ2v) is 6.88. The van der Waals surface area contributed by atoms with Crippen molar-refractivity contribution in [3.63, 3.8) is 0 Å². The molecule has 0 radical (unpaired) electrons. The number of sulfonamides is 1. The van der Waals surface area contributed by atoms with E-state index in [0.29, 0.717) is 19.6 Å². The zero-order valence-electron chi connectivity index (χ0n) is 11.7. The molecule has 0 saturated heterocycles. The van der Waals surface area contributed by atoms with Gasteiger partial charge in [0.1, 0.15) is 4.90 Å². The van der Waals surface area contributed by atoms with Gasteiger partial charge < -0.3 is 9.84 Å². The average Bonchev–Trinajstić information content (AvgIpc) is 2.43. The lowest BCUT2D eigenvalue weighted by molar-refractivity contribution is 0.133. The Hall–Kier alpha value is -0.370. The highest BCUT2D eigenvalue weighted by atomic mass is 35.5. The lowest BCUT2D eigenvalue weighted by atomic mass is 10.2. The summed E-state index contributed by atoms with van der Waals surface area (Å²) in [6.07, 6.45) is 1.49. The van der Waals surface area contributed by atoms with Crippen molar-refractivity contribution in [3.8, 4) is 0 Å². The number of nitrogens with one attached hydrogen (secondary N) is 1. The number of hydrogen-bond acceptors (Lipinski definition) is 4. The Morgan fingerprint density at radius 1 is 1.29 bits per heavy atom. The van der Waals surface area contributed by atoms with Crippen molar-refractivity contribution in [2.75, 3.05) is 19.8 Å². The van der Waals surface area contributed by atoms with Crippen LogP contribution in [0.3, 0.4) is 0 Å². The first kappa shape index (κ1) is 18.7. The maximum atomic E-state index is 12.2. The van der Waals surface area contributed by atoms with Gasteiger partial charge in [0.25, 0.3) is 0 Å². The maximum Gasteiger partial charge on any atom is 0.242 e. The first-order valence-electron chi connectivity index (χ1n) is 6.59. The molecule has 0 bridgehead atoms. The SMILES string of the molecule is CCCOCCCNS(=O)(=O)c1ccc(Cl)c(CO)c1Cl. The van der Waals surface area contributed by atoms with Crippen molar-refractivity contribution in [1.82, 2.24) is 4.72 Å². The van der Waals surface area contributed by atoms with Gasteiger partial charge in [0.05, 0.1) is 11.6 Å². The Bertz CT molecular complexity index is 564. The molecule has 1 aromatic carbocycles. The normalized spacial score (nSPS) is 11.8. The van der Waals surface area contributed by atoms with Crippen molar-refractivity contribution in [1.29, 1.82) is 0 Å². The number of aliphatic hydroxyl groups is 1. The standard InChI is InChI=1S/C13H19Cl2NO4S/c1-2-7-20-8-3-6-16-21(18,19)12-5-4-11(14)10(9-17)13(12)15/h4-5,16-17H,2-3,6-9H2,1H3. The zero-order valence-corrected chi connectivity index (χ0v) is 14.1. The van der Waals surface area contributed by atoms with Crippen LogP contribution in [0, 0.1) is 0 Å². The number of aliphatic hydroxyl groups excluding tert-OH is 1. The molecule has 1 rings (SSSR count). The smallest absolute Gasteiger partial charge is 0.242 e. The molecule has 0 unspecified atom stereocenters. The number of hydrogen-bond donors (Lipinski definition) is 2. The van der Waals surface area contributed by atoms with E-state index in [1.165, 1.54) is 12.1 Å². The fourth-order valence-corrected chi connectivity index (χ4v) is 3.60. The minimum Gasteiger partial charge on any atom is -0.392 e. The molecule has 1 aromatic rings. The summed E-state index contributed by atoms with van der Waals surface area (Å²) < 4.78 is 32.0. The Labute approximate surface area is 135 Å². The lowest BCUT2D eigenvalue weighted by Gasteiger charge is -2.11. The second-order valence-electron chi connectivity index (χ2n) is 4.36. The van der Waals surface area contributed by atoms with Gasteiger partial charge in [-0.3, -0.25) is 0 Å². The quantitative estimate of drug-likeness (QED) is 0.667. The number of ether oxygens (including phenoxy) is 1. The van der Waals surface area contributed by atoms with Crippen molar-refractivity contribution in [2.45, 2.75) is 31.3 Å². The molecule has 0 heterocycles. The fourth-order valence-electron chi connectivity index (χ4n) is 1.63. The lowest BCUT2D eigenvalue weighted by Crippen LogP contribution is -2.26. The third-order valence-corrected chi connectivity index (χ3v) is 5.11. The minimum absolute atomic E-state index is 0.0558. The Kier molecular flexibility index (Phi) is 7.94. The third kappa shape index (κ3) is 5.39. The molecular weight excluding hydrogens is 337 g/mol. The predicted octanol–water partition coefficient (Wildman–Crippen LogP) is 2.58. The minimum atomic E-state index is -3.74. The van der Waals surface area contributed by atoms with Crippen LogP contribution in [0.5, 0.6) is 0 Å². The second kappa shape index (κ2) is 8.92. The first-order valence-corrected chi connectivity index (χ1v) is 8.83. The molecule has 0 fully saturated rings. The molecule has 21 heavy (non-hydrogen) atoms. The number of benzene rings is 1. The molecule has 0 aromatic heterocycles. The van der Waals surface area contributed by atoms with Crippen LogP contribution in [-0.4, -0.2) is 33.3 Å². The van der Waals surface area contributed by atoms with Gasteiger partial charge in [-0.1, -0.05) is 30.1 Å². The van der Waals surface area contributed by atoms with Gasteiger partial charge in [-0.25, -0.2) is 13.1 Å². The van der Waals surface area contributed by atoms with E-state index in [-0.39, 0.29) is 27.0 Å². The summed E-state index contributed by atoms with van der Waals surface area (Å²) in [7, 11) is -3.74. The van der Waals surface area contributed by atoms with E-state index in [9.17, 15) is 13.5 Å².